The second-order valence-electron chi connectivity index (χ2n) is 3.48. The summed E-state index contributed by atoms with van der Waals surface area (Å²) in [6, 6.07) is 7.92. The summed E-state index contributed by atoms with van der Waals surface area (Å²) in [6.07, 6.45) is 0.446. The first-order valence-electron chi connectivity index (χ1n) is 4.99. The van der Waals surface area contributed by atoms with Crippen LogP contribution in [0.2, 0.25) is 0 Å². The van der Waals surface area contributed by atoms with Gasteiger partial charge in [0.25, 0.3) is 0 Å². The standard InChI is InChI=1S/C11H14N2O2S/c1-3-10(8-12)13-16(14,15)11-7-5-4-6-9(11)2/h4-7,10,13H,3H2,1-2H3. The molecule has 1 unspecified atom stereocenters. The molecule has 0 radical (unpaired) electrons. The van der Waals surface area contributed by atoms with Crippen LogP contribution in [0.15, 0.2) is 29.2 Å². The highest BCUT2D eigenvalue weighted by atomic mass is 32.2. The van der Waals surface area contributed by atoms with Gasteiger partial charge >= 0.3 is 0 Å². The van der Waals surface area contributed by atoms with Crippen LogP contribution in [-0.4, -0.2) is 14.5 Å². The van der Waals surface area contributed by atoms with Crippen LogP contribution in [-0.2, 0) is 10.0 Å². The van der Waals surface area contributed by atoms with E-state index in [1.54, 1.807) is 32.0 Å². The van der Waals surface area contributed by atoms with E-state index in [1.807, 2.05) is 6.07 Å². The highest BCUT2D eigenvalue weighted by Crippen LogP contribution is 2.14. The molecule has 5 heteroatoms. The maximum atomic E-state index is 11.9. The van der Waals surface area contributed by atoms with Gasteiger partial charge in [-0.2, -0.15) is 9.98 Å². The second kappa shape index (κ2) is 5.10. The summed E-state index contributed by atoms with van der Waals surface area (Å²) < 4.78 is 26.2. The van der Waals surface area contributed by atoms with Crippen LogP contribution < -0.4 is 4.72 Å². The van der Waals surface area contributed by atoms with Gasteiger partial charge < -0.3 is 0 Å². The third-order valence-corrected chi connectivity index (χ3v) is 3.88. The van der Waals surface area contributed by atoms with Crippen LogP contribution in [0.3, 0.4) is 0 Å². The van der Waals surface area contributed by atoms with Crippen LogP contribution >= 0.6 is 0 Å². The van der Waals surface area contributed by atoms with Gasteiger partial charge in [-0.3, -0.25) is 0 Å². The van der Waals surface area contributed by atoms with Crippen molar-refractivity contribution in [3.63, 3.8) is 0 Å². The molecule has 1 aromatic carbocycles. The van der Waals surface area contributed by atoms with E-state index in [9.17, 15) is 8.42 Å². The number of rotatable bonds is 4. The highest BCUT2D eigenvalue weighted by molar-refractivity contribution is 7.89. The van der Waals surface area contributed by atoms with E-state index in [2.05, 4.69) is 4.72 Å². The van der Waals surface area contributed by atoms with Crippen LogP contribution in [0.5, 0.6) is 0 Å². The lowest BCUT2D eigenvalue weighted by Crippen LogP contribution is -2.33. The maximum Gasteiger partial charge on any atom is 0.241 e. The molecule has 1 atom stereocenters. The maximum absolute atomic E-state index is 11.9. The SMILES string of the molecule is CCC(C#N)NS(=O)(=O)c1ccccc1C. The first kappa shape index (κ1) is 12.7. The van der Waals surface area contributed by atoms with Gasteiger partial charge in [0, 0.05) is 0 Å². The van der Waals surface area contributed by atoms with E-state index in [1.165, 1.54) is 6.07 Å². The first-order valence-corrected chi connectivity index (χ1v) is 6.47. The summed E-state index contributed by atoms with van der Waals surface area (Å²) in [6.45, 7) is 3.48. The van der Waals surface area contributed by atoms with Crippen molar-refractivity contribution in [1.82, 2.24) is 4.72 Å². The Balaban J connectivity index is 3.05. The Morgan fingerprint density at radius 3 is 2.56 bits per heavy atom. The zero-order chi connectivity index (χ0) is 12.2. The van der Waals surface area contributed by atoms with E-state index in [0.717, 1.165) is 0 Å². The Bertz CT molecular complexity index is 503. The van der Waals surface area contributed by atoms with Crippen molar-refractivity contribution in [2.45, 2.75) is 31.2 Å². The van der Waals surface area contributed by atoms with Gasteiger partial charge in [-0.05, 0) is 25.0 Å². The molecule has 0 saturated carbocycles. The molecule has 0 fully saturated rings. The van der Waals surface area contributed by atoms with Crippen LogP contribution in [0, 0.1) is 18.3 Å². The van der Waals surface area contributed by atoms with Crippen molar-refractivity contribution in [2.24, 2.45) is 0 Å². The molecule has 1 N–H and O–H groups in total. The number of nitriles is 1. The minimum Gasteiger partial charge on any atom is -0.207 e. The number of nitrogens with zero attached hydrogens (tertiary/aromatic N) is 1. The molecule has 0 amide bonds. The molecule has 0 aliphatic carbocycles. The second-order valence-corrected chi connectivity index (χ2v) is 5.16. The summed E-state index contributed by atoms with van der Waals surface area (Å²) >= 11 is 0. The minimum absolute atomic E-state index is 0.226. The summed E-state index contributed by atoms with van der Waals surface area (Å²) in [7, 11) is -3.59. The lowest BCUT2D eigenvalue weighted by Gasteiger charge is -2.11. The summed E-state index contributed by atoms with van der Waals surface area (Å²) in [4.78, 5) is 0.226. The monoisotopic (exact) mass is 238 g/mol. The zero-order valence-corrected chi connectivity index (χ0v) is 10.1. The predicted molar refractivity (Wildman–Crippen MR) is 61.2 cm³/mol. The number of nitrogens with one attached hydrogen (secondary N) is 1. The Kier molecular flexibility index (Phi) is 4.05. The molecule has 86 valence electrons. The molecule has 1 aromatic rings. The van der Waals surface area contributed by atoms with Gasteiger partial charge in [0.1, 0.15) is 6.04 Å². The van der Waals surface area contributed by atoms with Crippen LogP contribution in [0.1, 0.15) is 18.9 Å². The van der Waals surface area contributed by atoms with Crippen molar-refractivity contribution >= 4 is 10.0 Å². The number of aryl methyl sites for hydroxylation is 1. The third kappa shape index (κ3) is 2.81. The topological polar surface area (TPSA) is 70.0 Å². The molecule has 0 aliphatic rings. The Morgan fingerprint density at radius 1 is 1.44 bits per heavy atom. The van der Waals surface area contributed by atoms with E-state index in [-0.39, 0.29) is 4.90 Å². The highest BCUT2D eigenvalue weighted by Gasteiger charge is 2.19. The van der Waals surface area contributed by atoms with Gasteiger partial charge in [-0.1, -0.05) is 25.1 Å². The molecule has 0 aromatic heterocycles. The average molecular weight is 238 g/mol. The van der Waals surface area contributed by atoms with Crippen molar-refractivity contribution in [3.05, 3.63) is 29.8 Å². The summed E-state index contributed by atoms with van der Waals surface area (Å²) in [5.74, 6) is 0. The molecule has 0 aliphatic heterocycles. The lowest BCUT2D eigenvalue weighted by molar-refractivity contribution is 0.569. The summed E-state index contributed by atoms with van der Waals surface area (Å²) in [5, 5.41) is 8.73. The predicted octanol–water partition coefficient (Wildman–Crippen LogP) is 1.58. The number of benzene rings is 1. The largest absolute Gasteiger partial charge is 0.241 e. The van der Waals surface area contributed by atoms with E-state index >= 15 is 0 Å². The summed E-state index contributed by atoms with van der Waals surface area (Å²) in [5.41, 5.74) is 0.669. The van der Waals surface area contributed by atoms with Crippen LogP contribution in [0.25, 0.3) is 0 Å². The van der Waals surface area contributed by atoms with Gasteiger partial charge in [-0.25, -0.2) is 8.42 Å². The first-order chi connectivity index (χ1) is 7.51. The molecule has 1 rings (SSSR count). The van der Waals surface area contributed by atoms with Crippen molar-refractivity contribution in [1.29, 1.82) is 5.26 Å². The fraction of sp³-hybridized carbons (Fsp3) is 0.364. The quantitative estimate of drug-likeness (QED) is 0.865. The molecular weight excluding hydrogens is 224 g/mol. The van der Waals surface area contributed by atoms with E-state index in [4.69, 9.17) is 5.26 Å². The fourth-order valence-corrected chi connectivity index (χ4v) is 2.78. The zero-order valence-electron chi connectivity index (χ0n) is 9.27. The molecule has 0 saturated heterocycles. The normalized spacial score (nSPS) is 13.1. The smallest absolute Gasteiger partial charge is 0.207 e. The number of hydrogen-bond acceptors (Lipinski definition) is 3. The molecule has 0 heterocycles. The molecule has 4 nitrogen and oxygen atoms in total. The Labute approximate surface area is 96.0 Å². The Morgan fingerprint density at radius 2 is 2.06 bits per heavy atom. The van der Waals surface area contributed by atoms with E-state index < -0.39 is 16.1 Å². The van der Waals surface area contributed by atoms with Gasteiger partial charge in [0.2, 0.25) is 10.0 Å². The molecule has 0 bridgehead atoms. The van der Waals surface area contributed by atoms with Crippen LogP contribution in [0.4, 0.5) is 0 Å². The van der Waals surface area contributed by atoms with Crippen molar-refractivity contribution in [3.8, 4) is 6.07 Å². The minimum atomic E-state index is -3.59. The van der Waals surface area contributed by atoms with Gasteiger partial charge in [0.05, 0.1) is 11.0 Å². The van der Waals surface area contributed by atoms with E-state index in [0.29, 0.717) is 12.0 Å². The number of sulfonamides is 1. The third-order valence-electron chi connectivity index (χ3n) is 2.24. The molecule has 16 heavy (non-hydrogen) atoms. The van der Waals surface area contributed by atoms with Crippen molar-refractivity contribution < 1.29 is 8.42 Å². The lowest BCUT2D eigenvalue weighted by atomic mass is 10.2. The molecule has 0 spiro atoms. The molecular formula is C11H14N2O2S. The fourth-order valence-electron chi connectivity index (χ4n) is 1.31. The van der Waals surface area contributed by atoms with Gasteiger partial charge in [-0.15, -0.1) is 0 Å². The number of hydrogen-bond donors (Lipinski definition) is 1. The van der Waals surface area contributed by atoms with Gasteiger partial charge in [0.15, 0.2) is 0 Å². The average Bonchev–Trinajstić information content (AvgIpc) is 2.26. The Hall–Kier alpha value is -1.38. The van der Waals surface area contributed by atoms with Crippen molar-refractivity contribution in [2.75, 3.05) is 0 Å².